The van der Waals surface area contributed by atoms with Crippen LogP contribution in [-0.2, 0) is 11.2 Å². The number of aryl methyl sites for hydroxylation is 3. The second kappa shape index (κ2) is 7.62. The molecule has 1 amide bonds. The molecule has 1 heterocycles. The summed E-state index contributed by atoms with van der Waals surface area (Å²) in [6, 6.07) is 7.82. The summed E-state index contributed by atoms with van der Waals surface area (Å²) >= 11 is 0. The largest absolute Gasteiger partial charge is 0.344 e. The number of nitrogens with one attached hydrogen (secondary N) is 1. The molecular weight excluding hydrogens is 300 g/mol. The van der Waals surface area contributed by atoms with Crippen LogP contribution in [0.5, 0.6) is 0 Å². The van der Waals surface area contributed by atoms with Gasteiger partial charge in [-0.3, -0.25) is 14.8 Å². The van der Waals surface area contributed by atoms with E-state index in [0.29, 0.717) is 6.54 Å². The van der Waals surface area contributed by atoms with Crippen LogP contribution in [0.2, 0.25) is 0 Å². The van der Waals surface area contributed by atoms with E-state index in [9.17, 15) is 4.79 Å². The number of rotatable bonds is 6. The van der Waals surface area contributed by atoms with Gasteiger partial charge in [0.2, 0.25) is 5.91 Å². The van der Waals surface area contributed by atoms with Crippen LogP contribution in [0.4, 0.5) is 0 Å². The fourth-order valence-electron chi connectivity index (χ4n) is 3.07. The maximum Gasteiger partial charge on any atom is 0.244 e. The summed E-state index contributed by atoms with van der Waals surface area (Å²) in [5.41, 5.74) is 5.49. The van der Waals surface area contributed by atoms with E-state index in [-0.39, 0.29) is 11.9 Å². The van der Waals surface area contributed by atoms with Crippen molar-refractivity contribution in [3.05, 3.63) is 52.3 Å². The molecule has 5 nitrogen and oxygen atoms in total. The minimum absolute atomic E-state index is 0.119. The lowest BCUT2D eigenvalue weighted by molar-refractivity contribution is -0.135. The zero-order chi connectivity index (χ0) is 17.9. The highest BCUT2D eigenvalue weighted by Gasteiger charge is 2.27. The van der Waals surface area contributed by atoms with Gasteiger partial charge in [-0.2, -0.15) is 5.10 Å². The van der Waals surface area contributed by atoms with Gasteiger partial charge in [-0.25, -0.2) is 0 Å². The van der Waals surface area contributed by atoms with Crippen molar-refractivity contribution in [3.63, 3.8) is 0 Å². The van der Waals surface area contributed by atoms with Crippen molar-refractivity contribution in [2.24, 2.45) is 0 Å². The molecule has 0 fully saturated rings. The number of aromatic nitrogens is 2. The van der Waals surface area contributed by atoms with E-state index in [1.807, 2.05) is 63.0 Å². The highest BCUT2D eigenvalue weighted by atomic mass is 16.2. The fraction of sp³-hybridized carbons (Fsp3) is 0.474. The second-order valence-electron chi connectivity index (χ2n) is 6.65. The first-order chi connectivity index (χ1) is 11.3. The molecule has 24 heavy (non-hydrogen) atoms. The summed E-state index contributed by atoms with van der Waals surface area (Å²) in [7, 11) is 5.78. The van der Waals surface area contributed by atoms with Gasteiger partial charge in [-0.1, -0.05) is 24.3 Å². The minimum Gasteiger partial charge on any atom is -0.344 e. The van der Waals surface area contributed by atoms with Crippen molar-refractivity contribution >= 4 is 5.91 Å². The molecule has 130 valence electrons. The number of benzene rings is 1. The third-order valence-corrected chi connectivity index (χ3v) is 4.59. The number of likely N-dealkylation sites (N-methyl/N-ethyl adjacent to an activating group) is 2. The van der Waals surface area contributed by atoms with Gasteiger partial charge in [0.1, 0.15) is 6.04 Å². The molecule has 1 unspecified atom stereocenters. The van der Waals surface area contributed by atoms with Gasteiger partial charge in [-0.15, -0.1) is 0 Å². The molecule has 0 aliphatic rings. The number of nitrogens with zero attached hydrogens (tertiary/aromatic N) is 3. The standard InChI is InChI=1S/C19H28N4O/c1-13-9-7-8-10-16(13)18(22(4)5)19(24)23(6)12-11-17-14(2)20-21-15(17)3/h7-10,18H,11-12H2,1-6H3,(H,20,21). The summed E-state index contributed by atoms with van der Waals surface area (Å²) in [6.45, 7) is 6.75. The van der Waals surface area contributed by atoms with E-state index in [0.717, 1.165) is 28.9 Å². The lowest BCUT2D eigenvalue weighted by Crippen LogP contribution is -2.39. The van der Waals surface area contributed by atoms with Gasteiger partial charge in [-0.05, 0) is 58.0 Å². The molecule has 1 atom stereocenters. The Morgan fingerprint density at radius 2 is 1.83 bits per heavy atom. The van der Waals surface area contributed by atoms with Crippen LogP contribution >= 0.6 is 0 Å². The third kappa shape index (κ3) is 3.85. The van der Waals surface area contributed by atoms with Crippen molar-refractivity contribution in [2.75, 3.05) is 27.7 Å². The Morgan fingerprint density at radius 1 is 1.17 bits per heavy atom. The van der Waals surface area contributed by atoms with Crippen LogP contribution in [0, 0.1) is 20.8 Å². The molecule has 0 bridgehead atoms. The zero-order valence-electron chi connectivity index (χ0n) is 15.6. The van der Waals surface area contributed by atoms with E-state index in [1.54, 1.807) is 0 Å². The van der Waals surface area contributed by atoms with Crippen LogP contribution in [-0.4, -0.2) is 53.6 Å². The molecule has 0 radical (unpaired) electrons. The highest BCUT2D eigenvalue weighted by Crippen LogP contribution is 2.24. The van der Waals surface area contributed by atoms with Crippen LogP contribution < -0.4 is 0 Å². The Balaban J connectivity index is 2.14. The van der Waals surface area contributed by atoms with E-state index >= 15 is 0 Å². The molecule has 2 rings (SSSR count). The van der Waals surface area contributed by atoms with Crippen molar-refractivity contribution < 1.29 is 4.79 Å². The van der Waals surface area contributed by atoms with Gasteiger partial charge in [0.25, 0.3) is 0 Å². The summed E-state index contributed by atoms with van der Waals surface area (Å²) in [4.78, 5) is 16.8. The Kier molecular flexibility index (Phi) is 5.78. The Hall–Kier alpha value is -2.14. The zero-order valence-corrected chi connectivity index (χ0v) is 15.6. The van der Waals surface area contributed by atoms with Crippen molar-refractivity contribution in [2.45, 2.75) is 33.2 Å². The molecule has 0 saturated heterocycles. The van der Waals surface area contributed by atoms with E-state index in [4.69, 9.17) is 0 Å². The van der Waals surface area contributed by atoms with Crippen LogP contribution in [0.3, 0.4) is 0 Å². The quantitative estimate of drug-likeness (QED) is 0.887. The number of hydrogen-bond donors (Lipinski definition) is 1. The molecule has 0 saturated carbocycles. The van der Waals surface area contributed by atoms with E-state index < -0.39 is 0 Å². The average molecular weight is 328 g/mol. The maximum absolute atomic E-state index is 13.0. The summed E-state index contributed by atoms with van der Waals surface area (Å²) in [5, 5.41) is 7.23. The first-order valence-electron chi connectivity index (χ1n) is 8.30. The van der Waals surface area contributed by atoms with Gasteiger partial charge >= 0.3 is 0 Å². The van der Waals surface area contributed by atoms with Crippen molar-refractivity contribution in [1.29, 1.82) is 0 Å². The molecule has 1 aromatic carbocycles. The molecule has 2 aromatic rings. The van der Waals surface area contributed by atoms with Gasteiger partial charge in [0.15, 0.2) is 0 Å². The number of carbonyl (C=O) groups is 1. The van der Waals surface area contributed by atoms with Gasteiger partial charge in [0.05, 0.1) is 5.69 Å². The summed E-state index contributed by atoms with van der Waals surface area (Å²) < 4.78 is 0. The summed E-state index contributed by atoms with van der Waals surface area (Å²) in [5.74, 6) is 0.119. The number of H-pyrrole nitrogens is 1. The highest BCUT2D eigenvalue weighted by molar-refractivity contribution is 5.83. The number of hydrogen-bond acceptors (Lipinski definition) is 3. The van der Waals surface area contributed by atoms with Crippen molar-refractivity contribution in [3.8, 4) is 0 Å². The topological polar surface area (TPSA) is 52.2 Å². The normalized spacial score (nSPS) is 12.5. The van der Waals surface area contributed by atoms with E-state index in [1.165, 1.54) is 5.56 Å². The first-order valence-corrected chi connectivity index (χ1v) is 8.30. The lowest BCUT2D eigenvalue weighted by Gasteiger charge is -2.29. The van der Waals surface area contributed by atoms with Crippen LogP contribution in [0.1, 0.15) is 34.1 Å². The minimum atomic E-state index is -0.261. The molecular formula is C19H28N4O. The Bertz CT molecular complexity index is 686. The molecule has 0 aliphatic carbocycles. The number of carbonyl (C=O) groups excluding carboxylic acids is 1. The molecule has 1 aromatic heterocycles. The van der Waals surface area contributed by atoms with Crippen LogP contribution in [0.25, 0.3) is 0 Å². The third-order valence-electron chi connectivity index (χ3n) is 4.59. The van der Waals surface area contributed by atoms with E-state index in [2.05, 4.69) is 23.2 Å². The average Bonchev–Trinajstić information content (AvgIpc) is 2.85. The molecule has 1 N–H and O–H groups in total. The molecule has 0 spiro atoms. The van der Waals surface area contributed by atoms with Crippen molar-refractivity contribution in [1.82, 2.24) is 20.0 Å². The first kappa shape index (κ1) is 18.2. The maximum atomic E-state index is 13.0. The Morgan fingerprint density at radius 3 is 2.38 bits per heavy atom. The van der Waals surface area contributed by atoms with Crippen LogP contribution in [0.15, 0.2) is 24.3 Å². The lowest BCUT2D eigenvalue weighted by atomic mass is 9.99. The number of amides is 1. The molecule has 5 heteroatoms. The predicted octanol–water partition coefficient (Wildman–Crippen LogP) is 2.64. The predicted molar refractivity (Wildman–Crippen MR) is 97.0 cm³/mol. The van der Waals surface area contributed by atoms with Gasteiger partial charge < -0.3 is 4.90 Å². The molecule has 0 aliphatic heterocycles. The van der Waals surface area contributed by atoms with Gasteiger partial charge in [0, 0.05) is 19.3 Å². The SMILES string of the molecule is Cc1ccccc1C(C(=O)N(C)CCc1c(C)n[nH]c1C)N(C)C. The Labute approximate surface area is 144 Å². The monoisotopic (exact) mass is 328 g/mol. The smallest absolute Gasteiger partial charge is 0.244 e. The number of aromatic amines is 1. The summed E-state index contributed by atoms with van der Waals surface area (Å²) in [6.07, 6.45) is 0.810. The fourth-order valence-corrected chi connectivity index (χ4v) is 3.07. The second-order valence-corrected chi connectivity index (χ2v) is 6.65.